The first-order valence-corrected chi connectivity index (χ1v) is 13.4. The zero-order chi connectivity index (χ0) is 27.2. The van der Waals surface area contributed by atoms with Crippen LogP contribution in [0.5, 0.6) is 5.75 Å². The summed E-state index contributed by atoms with van der Waals surface area (Å²) >= 11 is 1.71. The second-order valence-corrected chi connectivity index (χ2v) is 10.2. The fourth-order valence-electron chi connectivity index (χ4n) is 4.61. The molecule has 38 heavy (non-hydrogen) atoms. The van der Waals surface area contributed by atoms with Gasteiger partial charge in [0.1, 0.15) is 12.3 Å². The van der Waals surface area contributed by atoms with E-state index in [0.717, 1.165) is 23.3 Å². The predicted molar refractivity (Wildman–Crippen MR) is 148 cm³/mol. The lowest BCUT2D eigenvalue weighted by Gasteiger charge is -2.38. The molecule has 4 rings (SSSR count). The van der Waals surface area contributed by atoms with Crippen LogP contribution in [0.3, 0.4) is 0 Å². The van der Waals surface area contributed by atoms with Gasteiger partial charge >= 0.3 is 0 Å². The SMILES string of the molecule is CCC(C)N(CC(=O)N1CCc2sccc2C1c1ccc(OC)cc1)C(=O)C=Cc1ccc([N+](=O)[O-])cc1. The third kappa shape index (κ3) is 5.94. The average Bonchev–Trinajstić information content (AvgIpc) is 3.43. The van der Waals surface area contributed by atoms with Gasteiger partial charge in [0.2, 0.25) is 11.8 Å². The highest BCUT2D eigenvalue weighted by molar-refractivity contribution is 7.10. The van der Waals surface area contributed by atoms with Gasteiger partial charge in [-0.15, -0.1) is 11.3 Å². The van der Waals surface area contributed by atoms with Gasteiger partial charge in [0.15, 0.2) is 0 Å². The number of benzene rings is 2. The van der Waals surface area contributed by atoms with E-state index < -0.39 is 4.92 Å². The van der Waals surface area contributed by atoms with E-state index in [1.54, 1.807) is 41.6 Å². The van der Waals surface area contributed by atoms with Gasteiger partial charge < -0.3 is 14.5 Å². The average molecular weight is 534 g/mol. The summed E-state index contributed by atoms with van der Waals surface area (Å²) in [6.45, 7) is 4.45. The van der Waals surface area contributed by atoms with Crippen LogP contribution in [-0.4, -0.2) is 52.8 Å². The molecule has 1 aliphatic rings. The van der Waals surface area contributed by atoms with Crippen molar-refractivity contribution in [1.29, 1.82) is 0 Å². The second-order valence-electron chi connectivity index (χ2n) is 9.22. The first-order chi connectivity index (χ1) is 18.3. The molecule has 9 heteroatoms. The van der Waals surface area contributed by atoms with Crippen molar-refractivity contribution >= 4 is 34.9 Å². The molecule has 0 saturated heterocycles. The summed E-state index contributed by atoms with van der Waals surface area (Å²) in [4.78, 5) is 42.2. The molecule has 2 heterocycles. The Balaban J connectivity index is 1.55. The Kier molecular flexibility index (Phi) is 8.58. The molecule has 0 aliphatic carbocycles. The topological polar surface area (TPSA) is 93.0 Å². The molecule has 0 fully saturated rings. The van der Waals surface area contributed by atoms with Crippen LogP contribution in [0.15, 0.2) is 66.1 Å². The number of carbonyl (C=O) groups is 2. The predicted octanol–water partition coefficient (Wildman–Crippen LogP) is 5.48. The summed E-state index contributed by atoms with van der Waals surface area (Å²) in [5.74, 6) is 0.363. The number of hydrogen-bond acceptors (Lipinski definition) is 6. The van der Waals surface area contributed by atoms with E-state index in [2.05, 4.69) is 11.4 Å². The minimum absolute atomic E-state index is 0.0120. The molecule has 0 radical (unpaired) electrons. The number of nitro groups is 1. The van der Waals surface area contributed by atoms with Crippen LogP contribution in [0.2, 0.25) is 0 Å². The number of methoxy groups -OCH3 is 1. The van der Waals surface area contributed by atoms with Crippen molar-refractivity contribution in [1.82, 2.24) is 9.80 Å². The number of amides is 2. The third-order valence-electron chi connectivity index (χ3n) is 6.95. The first-order valence-electron chi connectivity index (χ1n) is 12.5. The van der Waals surface area contributed by atoms with Gasteiger partial charge in [-0.1, -0.05) is 19.1 Å². The summed E-state index contributed by atoms with van der Waals surface area (Å²) in [6, 6.07) is 15.5. The molecule has 3 aromatic rings. The van der Waals surface area contributed by atoms with Crippen LogP contribution in [0, 0.1) is 10.1 Å². The van der Waals surface area contributed by atoms with Crippen LogP contribution >= 0.6 is 11.3 Å². The van der Waals surface area contributed by atoms with E-state index >= 15 is 0 Å². The Morgan fingerprint density at radius 2 is 1.89 bits per heavy atom. The van der Waals surface area contributed by atoms with Crippen LogP contribution < -0.4 is 4.74 Å². The van der Waals surface area contributed by atoms with Crippen LogP contribution in [0.4, 0.5) is 5.69 Å². The van der Waals surface area contributed by atoms with Crippen molar-refractivity contribution in [2.75, 3.05) is 20.2 Å². The van der Waals surface area contributed by atoms with E-state index in [4.69, 9.17) is 4.74 Å². The highest BCUT2D eigenvalue weighted by Gasteiger charge is 2.34. The molecule has 1 aliphatic heterocycles. The highest BCUT2D eigenvalue weighted by Crippen LogP contribution is 2.38. The number of hydrogen-bond donors (Lipinski definition) is 0. The molecular formula is C29H31N3O5S. The number of ether oxygens (including phenoxy) is 1. The molecule has 198 valence electrons. The van der Waals surface area contributed by atoms with Gasteiger partial charge in [-0.25, -0.2) is 0 Å². The largest absolute Gasteiger partial charge is 0.497 e. The van der Waals surface area contributed by atoms with Gasteiger partial charge in [-0.05, 0) is 78.2 Å². The van der Waals surface area contributed by atoms with E-state index in [0.29, 0.717) is 18.5 Å². The maximum atomic E-state index is 13.8. The zero-order valence-electron chi connectivity index (χ0n) is 21.7. The van der Waals surface area contributed by atoms with E-state index in [1.165, 1.54) is 23.1 Å². The van der Waals surface area contributed by atoms with Crippen molar-refractivity contribution in [2.24, 2.45) is 0 Å². The fraction of sp³-hybridized carbons (Fsp3) is 0.310. The van der Waals surface area contributed by atoms with Crippen LogP contribution in [0.1, 0.15) is 47.9 Å². The minimum Gasteiger partial charge on any atom is -0.497 e. The number of nitro benzene ring substituents is 1. The second kappa shape index (κ2) is 12.0. The Morgan fingerprint density at radius 3 is 2.53 bits per heavy atom. The van der Waals surface area contributed by atoms with Crippen LogP contribution in [0.25, 0.3) is 6.08 Å². The van der Waals surface area contributed by atoms with Gasteiger partial charge in [0, 0.05) is 35.7 Å². The molecule has 0 spiro atoms. The number of non-ortho nitro benzene ring substituents is 1. The molecule has 0 bridgehead atoms. The Bertz CT molecular complexity index is 1320. The molecule has 2 unspecified atom stereocenters. The molecule has 1 aromatic heterocycles. The number of rotatable bonds is 9. The summed E-state index contributed by atoms with van der Waals surface area (Å²) in [6.07, 6.45) is 4.52. The molecular weight excluding hydrogens is 502 g/mol. The lowest BCUT2D eigenvalue weighted by atomic mass is 9.93. The maximum absolute atomic E-state index is 13.8. The van der Waals surface area contributed by atoms with Gasteiger partial charge in [0.05, 0.1) is 18.1 Å². The summed E-state index contributed by atoms with van der Waals surface area (Å²) < 4.78 is 5.32. The number of carbonyl (C=O) groups excluding carboxylic acids is 2. The fourth-order valence-corrected chi connectivity index (χ4v) is 5.51. The van der Waals surface area contributed by atoms with Crippen molar-refractivity contribution in [3.05, 3.63) is 97.7 Å². The van der Waals surface area contributed by atoms with Crippen molar-refractivity contribution in [3.63, 3.8) is 0 Å². The molecule has 2 amide bonds. The Morgan fingerprint density at radius 1 is 1.18 bits per heavy atom. The van der Waals surface area contributed by atoms with E-state index in [1.807, 2.05) is 43.0 Å². The van der Waals surface area contributed by atoms with E-state index in [9.17, 15) is 19.7 Å². The van der Waals surface area contributed by atoms with Crippen LogP contribution in [-0.2, 0) is 16.0 Å². The monoisotopic (exact) mass is 533 g/mol. The lowest BCUT2D eigenvalue weighted by molar-refractivity contribution is -0.384. The van der Waals surface area contributed by atoms with Crippen molar-refractivity contribution in [3.8, 4) is 5.75 Å². The molecule has 0 N–H and O–H groups in total. The minimum atomic E-state index is -0.465. The lowest BCUT2D eigenvalue weighted by Crippen LogP contribution is -2.48. The Labute approximate surface area is 226 Å². The van der Waals surface area contributed by atoms with Crippen molar-refractivity contribution in [2.45, 2.75) is 38.8 Å². The number of fused-ring (bicyclic) bond motifs is 1. The standard InChI is InChI=1S/C29H31N3O5S/c1-4-20(2)31(27(33)14-7-21-5-10-23(11-6-21)32(35)36)19-28(34)30-17-15-26-25(16-18-38-26)29(30)22-8-12-24(37-3)13-9-22/h5-14,16,18,20,29H,4,15,17,19H2,1-3H3. The normalized spacial score (nSPS) is 15.7. The summed E-state index contributed by atoms with van der Waals surface area (Å²) in [5, 5.41) is 13.0. The van der Waals surface area contributed by atoms with Crippen molar-refractivity contribution < 1.29 is 19.2 Å². The Hall–Kier alpha value is -3.98. The molecule has 2 atom stereocenters. The molecule has 8 nitrogen and oxygen atoms in total. The van der Waals surface area contributed by atoms with Gasteiger partial charge in [-0.2, -0.15) is 0 Å². The summed E-state index contributed by atoms with van der Waals surface area (Å²) in [7, 11) is 1.62. The molecule has 0 saturated carbocycles. The highest BCUT2D eigenvalue weighted by atomic mass is 32.1. The van der Waals surface area contributed by atoms with Gasteiger partial charge in [-0.3, -0.25) is 19.7 Å². The quantitative estimate of drug-likeness (QED) is 0.206. The number of thiophene rings is 1. The first kappa shape index (κ1) is 27.1. The zero-order valence-corrected chi connectivity index (χ0v) is 22.5. The maximum Gasteiger partial charge on any atom is 0.269 e. The van der Waals surface area contributed by atoms with Gasteiger partial charge in [0.25, 0.3) is 5.69 Å². The third-order valence-corrected chi connectivity index (χ3v) is 7.95. The molecule has 2 aromatic carbocycles. The summed E-state index contributed by atoms with van der Waals surface area (Å²) in [5.41, 5.74) is 2.78. The number of nitrogens with zero attached hydrogens (tertiary/aromatic N) is 3. The smallest absolute Gasteiger partial charge is 0.269 e. The van der Waals surface area contributed by atoms with E-state index in [-0.39, 0.29) is 36.1 Å².